The van der Waals surface area contributed by atoms with Crippen molar-refractivity contribution in [3.63, 3.8) is 0 Å². The second kappa shape index (κ2) is 3.36. The van der Waals surface area contributed by atoms with E-state index in [2.05, 4.69) is 15.3 Å². The molecule has 0 atom stereocenters. The van der Waals surface area contributed by atoms with Crippen LogP contribution >= 0.6 is 0 Å². The summed E-state index contributed by atoms with van der Waals surface area (Å²) in [6, 6.07) is 0. The Morgan fingerprint density at radius 1 is 1.46 bits per heavy atom. The first kappa shape index (κ1) is 7.93. The minimum absolute atomic E-state index is 0.0622. The lowest BCUT2D eigenvalue weighted by Gasteiger charge is -1.93. The smallest absolute Gasteiger partial charge is 0.180 e. The van der Waals surface area contributed by atoms with Gasteiger partial charge in [-0.25, -0.2) is 9.67 Å². The molecule has 2 aromatic rings. The third kappa shape index (κ3) is 1.57. The van der Waals surface area contributed by atoms with Crippen molar-refractivity contribution in [2.24, 2.45) is 0 Å². The fraction of sp³-hybridized carbons (Fsp3) is 0.286. The molecule has 2 rings (SSSR count). The average Bonchev–Trinajstić information content (AvgIpc) is 2.70. The number of hydrogen-bond acceptors (Lipinski definition) is 4. The van der Waals surface area contributed by atoms with Crippen LogP contribution < -0.4 is 0 Å². The third-order valence-electron chi connectivity index (χ3n) is 1.62. The molecular formula is C7H9N5O. The van der Waals surface area contributed by atoms with E-state index in [0.717, 1.165) is 0 Å². The number of aromatic nitrogens is 5. The van der Waals surface area contributed by atoms with Crippen LogP contribution in [0.1, 0.15) is 0 Å². The molecule has 0 aliphatic rings. The lowest BCUT2D eigenvalue weighted by atomic mass is 10.6. The molecule has 0 bridgehead atoms. The van der Waals surface area contributed by atoms with Gasteiger partial charge in [0.05, 0.1) is 19.3 Å². The second-order valence-corrected chi connectivity index (χ2v) is 2.53. The molecule has 0 aliphatic heterocycles. The van der Waals surface area contributed by atoms with E-state index < -0.39 is 0 Å². The summed E-state index contributed by atoms with van der Waals surface area (Å²) in [7, 11) is 0. The van der Waals surface area contributed by atoms with Crippen LogP contribution in [0.5, 0.6) is 0 Å². The quantitative estimate of drug-likeness (QED) is 0.686. The summed E-state index contributed by atoms with van der Waals surface area (Å²) in [5.41, 5.74) is 0. The van der Waals surface area contributed by atoms with Crippen LogP contribution in [0.4, 0.5) is 0 Å². The average molecular weight is 179 g/mol. The van der Waals surface area contributed by atoms with E-state index in [-0.39, 0.29) is 6.61 Å². The first-order chi connectivity index (χ1) is 6.40. The summed E-state index contributed by atoms with van der Waals surface area (Å²) < 4.78 is 3.33. The number of nitrogens with zero attached hydrogens (tertiary/aromatic N) is 5. The summed E-state index contributed by atoms with van der Waals surface area (Å²) in [6.45, 7) is 0.522. The van der Waals surface area contributed by atoms with Crippen LogP contribution in [0, 0.1) is 0 Å². The normalized spacial score (nSPS) is 10.5. The van der Waals surface area contributed by atoms with Gasteiger partial charge in [-0.05, 0) is 0 Å². The second-order valence-electron chi connectivity index (χ2n) is 2.53. The van der Waals surface area contributed by atoms with Crippen molar-refractivity contribution >= 4 is 0 Å². The molecule has 0 radical (unpaired) electrons. The summed E-state index contributed by atoms with van der Waals surface area (Å²) in [5.74, 6) is 0.700. The van der Waals surface area contributed by atoms with Crippen LogP contribution in [-0.2, 0) is 6.54 Å². The van der Waals surface area contributed by atoms with E-state index in [1.54, 1.807) is 34.2 Å². The van der Waals surface area contributed by atoms with Crippen molar-refractivity contribution in [1.29, 1.82) is 0 Å². The lowest BCUT2D eigenvalue weighted by molar-refractivity contribution is 0.268. The Balaban J connectivity index is 2.23. The van der Waals surface area contributed by atoms with E-state index in [0.29, 0.717) is 12.4 Å². The van der Waals surface area contributed by atoms with Gasteiger partial charge in [0.1, 0.15) is 6.33 Å². The van der Waals surface area contributed by atoms with Gasteiger partial charge < -0.3 is 5.11 Å². The van der Waals surface area contributed by atoms with Gasteiger partial charge in [-0.15, -0.1) is 5.10 Å². The summed E-state index contributed by atoms with van der Waals surface area (Å²) >= 11 is 0. The predicted octanol–water partition coefficient (Wildman–Crippen LogP) is -0.544. The van der Waals surface area contributed by atoms with Crippen molar-refractivity contribution in [3.05, 3.63) is 24.9 Å². The minimum atomic E-state index is 0.0622. The van der Waals surface area contributed by atoms with Crippen LogP contribution in [-0.4, -0.2) is 36.3 Å². The number of aliphatic hydroxyl groups excluding tert-OH is 1. The molecule has 0 spiro atoms. The zero-order valence-electron chi connectivity index (χ0n) is 6.91. The van der Waals surface area contributed by atoms with Gasteiger partial charge in [0.25, 0.3) is 0 Å². The Morgan fingerprint density at radius 3 is 3.08 bits per heavy atom. The Bertz CT molecular complexity index is 366. The van der Waals surface area contributed by atoms with Gasteiger partial charge in [0, 0.05) is 12.4 Å². The minimum Gasteiger partial charge on any atom is -0.394 e. The highest BCUT2D eigenvalue weighted by molar-refractivity contribution is 5.15. The summed E-state index contributed by atoms with van der Waals surface area (Å²) in [4.78, 5) is 3.89. The Kier molecular flexibility index (Phi) is 2.05. The summed E-state index contributed by atoms with van der Waals surface area (Å²) in [6.07, 6.45) is 6.85. The number of imidazole rings is 1. The van der Waals surface area contributed by atoms with E-state index in [4.69, 9.17) is 5.11 Å². The lowest BCUT2D eigenvalue weighted by Crippen LogP contribution is -2.02. The van der Waals surface area contributed by atoms with Crippen LogP contribution in [0.25, 0.3) is 5.82 Å². The Morgan fingerprint density at radius 2 is 2.38 bits per heavy atom. The maximum atomic E-state index is 8.65. The molecule has 6 nitrogen and oxygen atoms in total. The molecule has 6 heteroatoms. The maximum Gasteiger partial charge on any atom is 0.180 e. The zero-order valence-corrected chi connectivity index (χ0v) is 6.91. The van der Waals surface area contributed by atoms with Crippen molar-refractivity contribution in [2.45, 2.75) is 6.54 Å². The molecule has 13 heavy (non-hydrogen) atoms. The topological polar surface area (TPSA) is 68.8 Å². The van der Waals surface area contributed by atoms with E-state index in [1.165, 1.54) is 0 Å². The number of aliphatic hydroxyl groups is 1. The molecule has 0 unspecified atom stereocenters. The van der Waals surface area contributed by atoms with Crippen molar-refractivity contribution in [1.82, 2.24) is 24.5 Å². The molecule has 0 saturated heterocycles. The van der Waals surface area contributed by atoms with Gasteiger partial charge in [-0.3, -0.25) is 4.57 Å². The van der Waals surface area contributed by atoms with Crippen molar-refractivity contribution in [3.8, 4) is 5.82 Å². The molecule has 0 aromatic carbocycles. The summed E-state index contributed by atoms with van der Waals surface area (Å²) in [5, 5.41) is 16.4. The zero-order chi connectivity index (χ0) is 9.10. The van der Waals surface area contributed by atoms with Crippen LogP contribution in [0.2, 0.25) is 0 Å². The first-order valence-corrected chi connectivity index (χ1v) is 3.89. The number of hydrogen-bond donors (Lipinski definition) is 1. The van der Waals surface area contributed by atoms with Crippen LogP contribution in [0.15, 0.2) is 24.9 Å². The van der Waals surface area contributed by atoms with E-state index in [1.807, 2.05) is 0 Å². The van der Waals surface area contributed by atoms with Crippen molar-refractivity contribution < 1.29 is 5.11 Å². The Labute approximate surface area is 74.4 Å². The molecule has 0 saturated carbocycles. The first-order valence-electron chi connectivity index (χ1n) is 3.89. The molecule has 1 N–H and O–H groups in total. The van der Waals surface area contributed by atoms with Gasteiger partial charge >= 0.3 is 0 Å². The Hall–Kier alpha value is -1.69. The van der Waals surface area contributed by atoms with Gasteiger partial charge in [0.2, 0.25) is 0 Å². The third-order valence-corrected chi connectivity index (χ3v) is 1.62. The monoisotopic (exact) mass is 179 g/mol. The van der Waals surface area contributed by atoms with Gasteiger partial charge in [0.15, 0.2) is 5.82 Å². The number of rotatable bonds is 3. The fourth-order valence-corrected chi connectivity index (χ4v) is 1.01. The van der Waals surface area contributed by atoms with Gasteiger partial charge in [-0.1, -0.05) is 5.21 Å². The molecular weight excluding hydrogens is 170 g/mol. The molecule has 2 aromatic heterocycles. The standard InChI is InChI=1S/C7H9N5O/c13-4-3-12-5-7(9-10-12)11-2-1-8-6-11/h1-2,5-6,13H,3-4H2. The highest BCUT2D eigenvalue weighted by Gasteiger charge is 2.00. The largest absolute Gasteiger partial charge is 0.394 e. The molecule has 0 fully saturated rings. The maximum absolute atomic E-state index is 8.65. The highest BCUT2D eigenvalue weighted by atomic mass is 16.3. The van der Waals surface area contributed by atoms with Crippen LogP contribution in [0.3, 0.4) is 0 Å². The van der Waals surface area contributed by atoms with E-state index in [9.17, 15) is 0 Å². The van der Waals surface area contributed by atoms with E-state index >= 15 is 0 Å². The SMILES string of the molecule is OCCn1cc(-n2ccnc2)nn1. The highest BCUT2D eigenvalue weighted by Crippen LogP contribution is 2.00. The molecule has 68 valence electrons. The molecule has 2 heterocycles. The fourth-order valence-electron chi connectivity index (χ4n) is 1.01. The van der Waals surface area contributed by atoms with Gasteiger partial charge in [-0.2, -0.15) is 0 Å². The predicted molar refractivity (Wildman–Crippen MR) is 44.2 cm³/mol. The molecule has 0 aliphatic carbocycles. The molecule has 0 amide bonds. The van der Waals surface area contributed by atoms with Crippen molar-refractivity contribution in [2.75, 3.05) is 6.61 Å².